The standard InChI is InChI=1S/C18H18F3N3O2.C2H4O2/c1-17(2)15(25)23(16(26)24(17)12-5-3-4-6-12)13-8-7-11(10-22)14(9-13)18(19,20)21;1-2(3)4/h7-9,12H,3-6H2,1-2H3;1H3,(H,3,4). The van der Waals surface area contributed by atoms with Crippen molar-refractivity contribution in [2.45, 2.75) is 64.2 Å². The molecule has 3 amide bonds. The zero-order chi connectivity index (χ0) is 22.9. The van der Waals surface area contributed by atoms with Crippen molar-refractivity contribution in [3.8, 4) is 6.07 Å². The lowest BCUT2D eigenvalue weighted by Crippen LogP contribution is -2.49. The average molecular weight is 425 g/mol. The third-order valence-electron chi connectivity index (χ3n) is 5.10. The van der Waals surface area contributed by atoms with Crippen LogP contribution in [0, 0.1) is 11.3 Å². The molecule has 1 saturated heterocycles. The van der Waals surface area contributed by atoms with Crippen LogP contribution in [0.1, 0.15) is 57.6 Å². The van der Waals surface area contributed by atoms with E-state index >= 15 is 0 Å². The molecule has 0 radical (unpaired) electrons. The van der Waals surface area contributed by atoms with Crippen LogP contribution >= 0.6 is 0 Å². The molecule has 7 nitrogen and oxygen atoms in total. The lowest BCUT2D eigenvalue weighted by molar-refractivity contribution is -0.138. The molecule has 0 atom stereocenters. The monoisotopic (exact) mass is 425 g/mol. The van der Waals surface area contributed by atoms with Gasteiger partial charge in [-0.15, -0.1) is 0 Å². The predicted octanol–water partition coefficient (Wildman–Crippen LogP) is 4.16. The number of rotatable bonds is 2. The molecule has 1 aliphatic heterocycles. The molecule has 1 saturated carbocycles. The van der Waals surface area contributed by atoms with Crippen molar-refractivity contribution in [1.82, 2.24) is 4.90 Å². The molecular weight excluding hydrogens is 403 g/mol. The number of urea groups is 1. The van der Waals surface area contributed by atoms with E-state index in [1.807, 2.05) is 0 Å². The fraction of sp³-hybridized carbons (Fsp3) is 0.500. The van der Waals surface area contributed by atoms with Crippen LogP contribution in [-0.4, -0.2) is 39.5 Å². The average Bonchev–Trinajstić information content (AvgIpc) is 3.19. The van der Waals surface area contributed by atoms with E-state index < -0.39 is 40.7 Å². The molecule has 3 rings (SSSR count). The first kappa shape index (κ1) is 23.2. The molecule has 1 aliphatic carbocycles. The summed E-state index contributed by atoms with van der Waals surface area (Å²) < 4.78 is 39.7. The molecule has 0 spiro atoms. The Morgan fingerprint density at radius 1 is 1.23 bits per heavy atom. The van der Waals surface area contributed by atoms with E-state index in [1.165, 1.54) is 17.0 Å². The van der Waals surface area contributed by atoms with E-state index in [4.69, 9.17) is 15.2 Å². The van der Waals surface area contributed by atoms with Crippen molar-refractivity contribution in [2.75, 3.05) is 4.90 Å². The SMILES string of the molecule is CC(=O)O.CC1(C)C(=O)N(c2ccc(C#N)c(C(F)(F)F)c2)C(=O)N1C1CCCC1. The molecule has 30 heavy (non-hydrogen) atoms. The highest BCUT2D eigenvalue weighted by Crippen LogP contribution is 2.40. The Labute approximate surface area is 171 Å². The number of benzene rings is 1. The Balaban J connectivity index is 0.000000735. The van der Waals surface area contributed by atoms with E-state index in [-0.39, 0.29) is 11.7 Å². The Hall–Kier alpha value is -3.09. The third kappa shape index (κ3) is 4.40. The van der Waals surface area contributed by atoms with Gasteiger partial charge in [0.15, 0.2) is 0 Å². The number of nitrogens with zero attached hydrogens (tertiary/aromatic N) is 3. The van der Waals surface area contributed by atoms with Gasteiger partial charge in [-0.3, -0.25) is 9.59 Å². The number of nitriles is 1. The van der Waals surface area contributed by atoms with Crippen molar-refractivity contribution in [3.63, 3.8) is 0 Å². The highest BCUT2D eigenvalue weighted by Gasteiger charge is 2.54. The molecule has 1 N–H and O–H groups in total. The van der Waals surface area contributed by atoms with Crippen molar-refractivity contribution < 1.29 is 32.7 Å². The summed E-state index contributed by atoms with van der Waals surface area (Å²) >= 11 is 0. The quantitative estimate of drug-likeness (QED) is 0.717. The number of imide groups is 1. The zero-order valence-electron chi connectivity index (χ0n) is 16.8. The van der Waals surface area contributed by atoms with Gasteiger partial charge in [0.05, 0.1) is 22.9 Å². The van der Waals surface area contributed by atoms with Gasteiger partial charge in [-0.1, -0.05) is 12.8 Å². The summed E-state index contributed by atoms with van der Waals surface area (Å²) in [7, 11) is 0. The molecule has 1 heterocycles. The number of hydrogen-bond donors (Lipinski definition) is 1. The largest absolute Gasteiger partial charge is 0.481 e. The zero-order valence-corrected chi connectivity index (χ0v) is 16.8. The topological polar surface area (TPSA) is 102 Å². The van der Waals surface area contributed by atoms with Crippen molar-refractivity contribution in [2.24, 2.45) is 0 Å². The Morgan fingerprint density at radius 3 is 2.23 bits per heavy atom. The predicted molar refractivity (Wildman–Crippen MR) is 101 cm³/mol. The van der Waals surface area contributed by atoms with Gasteiger partial charge in [-0.2, -0.15) is 18.4 Å². The van der Waals surface area contributed by atoms with E-state index in [1.54, 1.807) is 13.8 Å². The summed E-state index contributed by atoms with van der Waals surface area (Å²) in [5, 5.41) is 16.3. The summed E-state index contributed by atoms with van der Waals surface area (Å²) in [6.45, 7) is 4.31. The maximum absolute atomic E-state index is 13.2. The minimum atomic E-state index is -4.76. The van der Waals surface area contributed by atoms with Gasteiger partial charge in [-0.05, 0) is 44.9 Å². The van der Waals surface area contributed by atoms with Crippen molar-refractivity contribution in [1.29, 1.82) is 5.26 Å². The Bertz CT molecular complexity index is 896. The van der Waals surface area contributed by atoms with Gasteiger partial charge < -0.3 is 10.0 Å². The normalized spacial score (nSPS) is 18.8. The number of alkyl halides is 3. The molecular formula is C20H22F3N3O4. The Kier molecular flexibility index (Phi) is 6.45. The number of hydrogen-bond acceptors (Lipinski definition) is 4. The van der Waals surface area contributed by atoms with Crippen LogP contribution in [0.3, 0.4) is 0 Å². The van der Waals surface area contributed by atoms with E-state index in [0.29, 0.717) is 6.07 Å². The first-order chi connectivity index (χ1) is 13.8. The number of carboxylic acid groups (broad SMARTS) is 1. The van der Waals surface area contributed by atoms with E-state index in [2.05, 4.69) is 0 Å². The van der Waals surface area contributed by atoms with Gasteiger partial charge in [0.1, 0.15) is 5.54 Å². The maximum Gasteiger partial charge on any atom is 0.417 e. The molecule has 162 valence electrons. The van der Waals surface area contributed by atoms with Gasteiger partial charge >= 0.3 is 12.2 Å². The van der Waals surface area contributed by atoms with Gasteiger partial charge in [-0.25, -0.2) is 9.69 Å². The number of amides is 3. The van der Waals surface area contributed by atoms with Crippen LogP contribution in [0.4, 0.5) is 23.7 Å². The minimum Gasteiger partial charge on any atom is -0.481 e. The summed E-state index contributed by atoms with van der Waals surface area (Å²) in [5.74, 6) is -1.40. The summed E-state index contributed by atoms with van der Waals surface area (Å²) in [4.78, 5) is 37.1. The molecule has 2 fully saturated rings. The highest BCUT2D eigenvalue weighted by atomic mass is 19.4. The second kappa shape index (κ2) is 8.34. The minimum absolute atomic E-state index is 0.0908. The first-order valence-electron chi connectivity index (χ1n) is 9.31. The number of anilines is 1. The fourth-order valence-electron chi connectivity index (χ4n) is 3.82. The second-order valence-corrected chi connectivity index (χ2v) is 7.65. The van der Waals surface area contributed by atoms with Crippen LogP contribution in [0.2, 0.25) is 0 Å². The molecule has 0 unspecified atom stereocenters. The lowest BCUT2D eigenvalue weighted by Gasteiger charge is -2.33. The van der Waals surface area contributed by atoms with Gasteiger partial charge in [0.2, 0.25) is 0 Å². The number of carbonyl (C=O) groups excluding carboxylic acids is 2. The maximum atomic E-state index is 13.2. The molecule has 10 heteroatoms. The Morgan fingerprint density at radius 2 is 1.77 bits per heavy atom. The highest BCUT2D eigenvalue weighted by molar-refractivity contribution is 6.23. The van der Waals surface area contributed by atoms with Crippen LogP contribution in [-0.2, 0) is 15.8 Å². The fourth-order valence-corrected chi connectivity index (χ4v) is 3.82. The molecule has 1 aromatic carbocycles. The first-order valence-corrected chi connectivity index (χ1v) is 9.31. The molecule has 0 bridgehead atoms. The summed E-state index contributed by atoms with van der Waals surface area (Å²) in [5.41, 5.74) is -3.00. The molecule has 2 aliphatic rings. The number of aliphatic carboxylic acids is 1. The molecule has 1 aromatic rings. The van der Waals surface area contributed by atoms with E-state index in [9.17, 15) is 22.8 Å². The number of carboxylic acids is 1. The van der Waals surface area contributed by atoms with Crippen molar-refractivity contribution >= 4 is 23.6 Å². The summed E-state index contributed by atoms with van der Waals surface area (Å²) in [6.07, 6.45) is -1.30. The van der Waals surface area contributed by atoms with Crippen LogP contribution in [0.15, 0.2) is 18.2 Å². The van der Waals surface area contributed by atoms with Crippen LogP contribution in [0.25, 0.3) is 0 Å². The van der Waals surface area contributed by atoms with E-state index in [0.717, 1.165) is 43.6 Å². The van der Waals surface area contributed by atoms with Crippen LogP contribution in [0.5, 0.6) is 0 Å². The van der Waals surface area contributed by atoms with Crippen molar-refractivity contribution in [3.05, 3.63) is 29.3 Å². The summed E-state index contributed by atoms with van der Waals surface area (Å²) in [6, 6.07) is 3.69. The number of halogens is 3. The third-order valence-corrected chi connectivity index (χ3v) is 5.10. The second-order valence-electron chi connectivity index (χ2n) is 7.65. The smallest absolute Gasteiger partial charge is 0.417 e. The van der Waals surface area contributed by atoms with Gasteiger partial charge in [0, 0.05) is 13.0 Å². The molecule has 0 aromatic heterocycles. The van der Waals surface area contributed by atoms with Crippen LogP contribution < -0.4 is 4.90 Å². The van der Waals surface area contributed by atoms with Gasteiger partial charge in [0.25, 0.3) is 11.9 Å². The number of carbonyl (C=O) groups is 3. The lowest BCUT2D eigenvalue weighted by atomic mass is 10.0.